The zero-order valence-electron chi connectivity index (χ0n) is 15.9. The Morgan fingerprint density at radius 1 is 1.14 bits per heavy atom. The Labute approximate surface area is 173 Å². The summed E-state index contributed by atoms with van der Waals surface area (Å²) in [7, 11) is 0. The van der Waals surface area contributed by atoms with Gasteiger partial charge in [0.25, 0.3) is 5.56 Å². The number of carbonyl (C=O) groups excluding carboxylic acids is 1. The molecule has 2 aromatic rings. The van der Waals surface area contributed by atoms with E-state index >= 15 is 0 Å². The number of rotatable bonds is 6. The highest BCUT2D eigenvalue weighted by atomic mass is 79.9. The summed E-state index contributed by atoms with van der Waals surface area (Å²) in [5.41, 5.74) is 1.34. The monoisotopic (exact) mass is 447 g/mol. The molecule has 150 valence electrons. The minimum absolute atomic E-state index is 0.119. The van der Waals surface area contributed by atoms with Crippen LogP contribution in [-0.2, 0) is 17.9 Å². The van der Waals surface area contributed by atoms with Gasteiger partial charge in [-0.05, 0) is 46.5 Å². The number of anilines is 1. The van der Waals surface area contributed by atoms with Crippen LogP contribution in [0.15, 0.2) is 40.0 Å². The summed E-state index contributed by atoms with van der Waals surface area (Å²) in [5, 5.41) is 10.4. The fourth-order valence-corrected chi connectivity index (χ4v) is 3.81. The van der Waals surface area contributed by atoms with Crippen LogP contribution < -0.4 is 16.2 Å². The molecule has 1 aliphatic carbocycles. The van der Waals surface area contributed by atoms with Crippen LogP contribution in [0.5, 0.6) is 0 Å². The van der Waals surface area contributed by atoms with E-state index in [9.17, 15) is 9.59 Å². The molecular formula is C20H26BrN5O2. The molecule has 0 saturated heterocycles. The van der Waals surface area contributed by atoms with Crippen molar-refractivity contribution < 1.29 is 4.79 Å². The molecule has 0 unspecified atom stereocenters. The topological polar surface area (TPSA) is 88.9 Å². The van der Waals surface area contributed by atoms with Gasteiger partial charge in [-0.2, -0.15) is 5.10 Å². The fourth-order valence-electron chi connectivity index (χ4n) is 3.39. The molecule has 1 aliphatic rings. The van der Waals surface area contributed by atoms with Gasteiger partial charge in [0.2, 0.25) is 5.91 Å². The Morgan fingerprint density at radius 3 is 2.54 bits per heavy atom. The van der Waals surface area contributed by atoms with Gasteiger partial charge in [-0.3, -0.25) is 14.6 Å². The SMILES string of the molecule is O=C(Cn1ncc(NC2CCCCCCC2)c(Br)c1=O)NCc1ccncc1. The minimum atomic E-state index is -0.310. The van der Waals surface area contributed by atoms with Crippen molar-refractivity contribution in [1.82, 2.24) is 20.1 Å². The number of nitrogens with zero attached hydrogens (tertiary/aromatic N) is 3. The highest BCUT2D eigenvalue weighted by molar-refractivity contribution is 9.10. The molecule has 2 aromatic heterocycles. The molecule has 28 heavy (non-hydrogen) atoms. The van der Waals surface area contributed by atoms with Crippen molar-refractivity contribution in [3.05, 3.63) is 51.1 Å². The summed E-state index contributed by atoms with van der Waals surface area (Å²) in [6.45, 7) is 0.269. The van der Waals surface area contributed by atoms with Gasteiger partial charge in [0.15, 0.2) is 0 Å². The van der Waals surface area contributed by atoms with Crippen LogP contribution in [0.3, 0.4) is 0 Å². The molecule has 3 rings (SSSR count). The van der Waals surface area contributed by atoms with Crippen LogP contribution in [0, 0.1) is 0 Å². The molecule has 7 nitrogen and oxygen atoms in total. The van der Waals surface area contributed by atoms with E-state index in [-0.39, 0.29) is 18.0 Å². The van der Waals surface area contributed by atoms with Crippen LogP contribution in [0.25, 0.3) is 0 Å². The van der Waals surface area contributed by atoms with Gasteiger partial charge in [0.1, 0.15) is 11.0 Å². The zero-order valence-corrected chi connectivity index (χ0v) is 17.5. The number of halogens is 1. The minimum Gasteiger partial charge on any atom is -0.380 e. The van der Waals surface area contributed by atoms with Crippen molar-refractivity contribution in [2.75, 3.05) is 5.32 Å². The van der Waals surface area contributed by atoms with Gasteiger partial charge in [-0.25, -0.2) is 4.68 Å². The Balaban J connectivity index is 1.59. The highest BCUT2D eigenvalue weighted by Gasteiger charge is 2.16. The lowest BCUT2D eigenvalue weighted by Gasteiger charge is -2.22. The molecule has 2 heterocycles. The first kappa shape index (κ1) is 20.5. The van der Waals surface area contributed by atoms with Crippen molar-refractivity contribution >= 4 is 27.5 Å². The molecule has 0 radical (unpaired) electrons. The second-order valence-electron chi connectivity index (χ2n) is 7.15. The van der Waals surface area contributed by atoms with E-state index in [0.717, 1.165) is 18.4 Å². The van der Waals surface area contributed by atoms with E-state index in [4.69, 9.17) is 0 Å². The van der Waals surface area contributed by atoms with Crippen LogP contribution in [0.4, 0.5) is 5.69 Å². The van der Waals surface area contributed by atoms with Crippen LogP contribution in [-0.4, -0.2) is 26.7 Å². The quantitative estimate of drug-likeness (QED) is 0.709. The molecule has 1 saturated carbocycles. The molecule has 1 fully saturated rings. The lowest BCUT2D eigenvalue weighted by Crippen LogP contribution is -2.34. The summed E-state index contributed by atoms with van der Waals surface area (Å²) < 4.78 is 1.60. The number of hydrogen-bond donors (Lipinski definition) is 2. The first-order valence-electron chi connectivity index (χ1n) is 9.81. The van der Waals surface area contributed by atoms with E-state index in [1.807, 2.05) is 12.1 Å². The summed E-state index contributed by atoms with van der Waals surface area (Å²) >= 11 is 3.38. The van der Waals surface area contributed by atoms with E-state index < -0.39 is 0 Å². The fraction of sp³-hybridized carbons (Fsp3) is 0.500. The molecule has 1 amide bonds. The van der Waals surface area contributed by atoms with Crippen molar-refractivity contribution in [2.24, 2.45) is 0 Å². The van der Waals surface area contributed by atoms with Crippen molar-refractivity contribution in [3.63, 3.8) is 0 Å². The maximum atomic E-state index is 12.6. The van der Waals surface area contributed by atoms with Gasteiger partial charge >= 0.3 is 0 Å². The second kappa shape index (κ2) is 10.4. The van der Waals surface area contributed by atoms with E-state index in [1.165, 1.54) is 36.8 Å². The second-order valence-corrected chi connectivity index (χ2v) is 7.95. The third-order valence-electron chi connectivity index (χ3n) is 4.98. The molecule has 8 heteroatoms. The molecule has 0 aromatic carbocycles. The first-order chi connectivity index (χ1) is 13.6. The summed E-state index contributed by atoms with van der Waals surface area (Å²) in [4.78, 5) is 28.7. The number of carbonyl (C=O) groups is 1. The number of hydrogen-bond acceptors (Lipinski definition) is 5. The van der Waals surface area contributed by atoms with E-state index in [0.29, 0.717) is 22.7 Å². The van der Waals surface area contributed by atoms with Crippen molar-refractivity contribution in [3.8, 4) is 0 Å². The predicted octanol–water partition coefficient (Wildman–Crippen LogP) is 3.24. The zero-order chi connectivity index (χ0) is 19.8. The molecule has 0 aliphatic heterocycles. The largest absolute Gasteiger partial charge is 0.380 e. The summed E-state index contributed by atoms with van der Waals surface area (Å²) in [6, 6.07) is 4.02. The molecular weight excluding hydrogens is 422 g/mol. The normalized spacial score (nSPS) is 15.5. The average Bonchev–Trinajstić information content (AvgIpc) is 2.68. The Hall–Kier alpha value is -2.22. The average molecular weight is 448 g/mol. The van der Waals surface area contributed by atoms with Crippen molar-refractivity contribution in [2.45, 2.75) is 64.1 Å². The molecule has 0 atom stereocenters. The van der Waals surface area contributed by atoms with E-state index in [2.05, 4.69) is 36.6 Å². The lowest BCUT2D eigenvalue weighted by molar-refractivity contribution is -0.122. The number of nitrogens with one attached hydrogen (secondary N) is 2. The Morgan fingerprint density at radius 2 is 1.82 bits per heavy atom. The van der Waals surface area contributed by atoms with Crippen molar-refractivity contribution in [1.29, 1.82) is 0 Å². The molecule has 0 spiro atoms. The highest BCUT2D eigenvalue weighted by Crippen LogP contribution is 2.23. The lowest BCUT2D eigenvalue weighted by atomic mass is 9.96. The third-order valence-corrected chi connectivity index (χ3v) is 5.75. The Kier molecular flexibility index (Phi) is 7.59. The number of pyridine rings is 1. The maximum Gasteiger partial charge on any atom is 0.283 e. The van der Waals surface area contributed by atoms with Gasteiger partial charge in [0.05, 0.1) is 11.9 Å². The molecule has 0 bridgehead atoms. The Bertz CT molecular complexity index is 832. The van der Waals surface area contributed by atoms with Gasteiger partial charge in [-0.15, -0.1) is 0 Å². The van der Waals surface area contributed by atoms with Crippen LogP contribution >= 0.6 is 15.9 Å². The van der Waals surface area contributed by atoms with E-state index in [1.54, 1.807) is 18.6 Å². The van der Waals surface area contributed by atoms with Gasteiger partial charge < -0.3 is 10.6 Å². The standard InChI is InChI=1S/C20H26BrN5O2/c21-19-17(25-16-6-4-2-1-3-5-7-16)13-24-26(20(19)28)14-18(27)23-12-15-8-10-22-11-9-15/h8-11,13,16,25H,1-7,12,14H2,(H,23,27). The molecule has 2 N–H and O–H groups in total. The summed E-state index contributed by atoms with van der Waals surface area (Å²) in [5.74, 6) is -0.265. The van der Waals surface area contributed by atoms with Crippen LogP contribution in [0.1, 0.15) is 50.5 Å². The summed E-state index contributed by atoms with van der Waals surface area (Å²) in [6.07, 6.45) is 13.5. The number of aromatic nitrogens is 3. The maximum absolute atomic E-state index is 12.6. The first-order valence-corrected chi connectivity index (χ1v) is 10.6. The van der Waals surface area contributed by atoms with Gasteiger partial charge in [0, 0.05) is 25.0 Å². The predicted molar refractivity (Wildman–Crippen MR) is 112 cm³/mol. The smallest absolute Gasteiger partial charge is 0.283 e. The number of amides is 1. The van der Waals surface area contributed by atoms with Gasteiger partial charge in [-0.1, -0.05) is 32.1 Å². The third kappa shape index (κ3) is 5.89. The van der Waals surface area contributed by atoms with Crippen LogP contribution in [0.2, 0.25) is 0 Å².